The molecule has 3 nitrogen and oxygen atoms in total. The lowest BCUT2D eigenvalue weighted by molar-refractivity contribution is 1.29. The fraction of sp³-hybridized carbons (Fsp3) is 0. The summed E-state index contributed by atoms with van der Waals surface area (Å²) in [7, 11) is 0. The maximum Gasteiger partial charge on any atom is 0.150 e. The summed E-state index contributed by atoms with van der Waals surface area (Å²) in [4.78, 5) is 4.09. The third-order valence-corrected chi connectivity index (χ3v) is 3.79. The molecule has 6 heteroatoms. The maximum absolute atomic E-state index is 8.87. The second kappa shape index (κ2) is 5.57. The van der Waals surface area contributed by atoms with Crippen molar-refractivity contribution < 1.29 is 0 Å². The van der Waals surface area contributed by atoms with Crippen LogP contribution in [0.5, 0.6) is 0 Å². The van der Waals surface area contributed by atoms with E-state index < -0.39 is 0 Å². The van der Waals surface area contributed by atoms with Gasteiger partial charge in [-0.05, 0) is 40.2 Å². The lowest BCUT2D eigenvalue weighted by Gasteiger charge is -2.08. The summed E-state index contributed by atoms with van der Waals surface area (Å²) in [5, 5.41) is 12.8. The number of hydrogen-bond acceptors (Lipinski definition) is 3. The number of halogens is 3. The van der Waals surface area contributed by atoms with E-state index in [9.17, 15) is 0 Å². The van der Waals surface area contributed by atoms with Crippen LogP contribution in [0.15, 0.2) is 34.9 Å². The van der Waals surface area contributed by atoms with E-state index in [4.69, 9.17) is 28.5 Å². The van der Waals surface area contributed by atoms with Gasteiger partial charge in [0.15, 0.2) is 5.82 Å². The highest BCUT2D eigenvalue weighted by Gasteiger charge is 2.08. The highest BCUT2D eigenvalue weighted by molar-refractivity contribution is 9.10. The SMILES string of the molecule is N#Cc1ccnc(Nc2ccc(Cl)c(Br)c2)c1Cl. The van der Waals surface area contributed by atoms with E-state index >= 15 is 0 Å². The zero-order valence-corrected chi connectivity index (χ0v) is 12.0. The second-order valence-electron chi connectivity index (χ2n) is 3.39. The molecule has 0 aliphatic heterocycles. The number of nitrogens with one attached hydrogen (secondary N) is 1. The molecule has 1 heterocycles. The van der Waals surface area contributed by atoms with Gasteiger partial charge in [-0.15, -0.1) is 0 Å². The van der Waals surface area contributed by atoms with E-state index in [2.05, 4.69) is 26.2 Å². The van der Waals surface area contributed by atoms with Crippen molar-refractivity contribution in [2.75, 3.05) is 5.32 Å². The molecule has 0 bridgehead atoms. The van der Waals surface area contributed by atoms with Gasteiger partial charge in [0.1, 0.15) is 11.1 Å². The van der Waals surface area contributed by atoms with Crippen molar-refractivity contribution in [2.24, 2.45) is 0 Å². The molecule has 2 rings (SSSR count). The van der Waals surface area contributed by atoms with Crippen molar-refractivity contribution in [3.63, 3.8) is 0 Å². The summed E-state index contributed by atoms with van der Waals surface area (Å²) in [5.41, 5.74) is 1.15. The first-order valence-corrected chi connectivity index (χ1v) is 6.43. The van der Waals surface area contributed by atoms with E-state index in [0.717, 1.165) is 10.2 Å². The third kappa shape index (κ3) is 2.75. The number of aromatic nitrogens is 1. The van der Waals surface area contributed by atoms with Crippen LogP contribution in [0, 0.1) is 11.3 Å². The van der Waals surface area contributed by atoms with E-state index in [1.54, 1.807) is 24.3 Å². The summed E-state index contributed by atoms with van der Waals surface area (Å²) in [5.74, 6) is 0.435. The molecular formula is C12H6BrCl2N3. The predicted molar refractivity (Wildman–Crippen MR) is 76.4 cm³/mol. The van der Waals surface area contributed by atoms with Crippen LogP contribution in [0.2, 0.25) is 10.0 Å². The Morgan fingerprint density at radius 3 is 2.72 bits per heavy atom. The van der Waals surface area contributed by atoms with Gasteiger partial charge in [0.2, 0.25) is 0 Å². The molecule has 0 aliphatic carbocycles. The van der Waals surface area contributed by atoms with Crippen LogP contribution >= 0.6 is 39.1 Å². The van der Waals surface area contributed by atoms with Gasteiger partial charge in [0.25, 0.3) is 0 Å². The van der Waals surface area contributed by atoms with E-state index in [1.807, 2.05) is 6.07 Å². The first kappa shape index (κ1) is 13.2. The number of anilines is 2. The van der Waals surface area contributed by atoms with E-state index in [1.165, 1.54) is 6.20 Å². The monoisotopic (exact) mass is 341 g/mol. The van der Waals surface area contributed by atoms with Crippen molar-refractivity contribution in [1.29, 1.82) is 5.26 Å². The Morgan fingerprint density at radius 1 is 1.28 bits per heavy atom. The van der Waals surface area contributed by atoms with Gasteiger partial charge in [-0.3, -0.25) is 0 Å². The Kier molecular flexibility index (Phi) is 4.07. The standard InChI is InChI=1S/C12H6BrCl2N3/c13-9-5-8(1-2-10(9)14)18-12-11(15)7(6-16)3-4-17-12/h1-5H,(H,17,18). The zero-order chi connectivity index (χ0) is 13.1. The van der Waals surface area contributed by atoms with Gasteiger partial charge >= 0.3 is 0 Å². The molecule has 0 aliphatic rings. The quantitative estimate of drug-likeness (QED) is 0.855. The average Bonchev–Trinajstić information content (AvgIpc) is 2.36. The highest BCUT2D eigenvalue weighted by atomic mass is 79.9. The minimum atomic E-state index is 0.297. The van der Waals surface area contributed by atoms with Gasteiger partial charge in [-0.2, -0.15) is 5.26 Å². The van der Waals surface area contributed by atoms with Crippen molar-refractivity contribution in [2.45, 2.75) is 0 Å². The summed E-state index contributed by atoms with van der Waals surface area (Å²) in [6, 6.07) is 8.91. The Labute approximate surface area is 122 Å². The van der Waals surface area contributed by atoms with Crippen LogP contribution in [0.25, 0.3) is 0 Å². The van der Waals surface area contributed by atoms with Gasteiger partial charge in [-0.25, -0.2) is 4.98 Å². The molecule has 0 saturated carbocycles. The summed E-state index contributed by atoms with van der Waals surface area (Å²) >= 11 is 15.3. The average molecular weight is 343 g/mol. The van der Waals surface area contributed by atoms with Gasteiger partial charge < -0.3 is 5.32 Å². The molecule has 1 aromatic carbocycles. The summed E-state index contributed by atoms with van der Waals surface area (Å²) < 4.78 is 0.765. The zero-order valence-electron chi connectivity index (χ0n) is 8.92. The molecule has 0 unspecified atom stereocenters. The minimum Gasteiger partial charge on any atom is -0.339 e. The topological polar surface area (TPSA) is 48.7 Å². The Bertz CT molecular complexity index is 638. The molecule has 0 amide bonds. The molecule has 0 saturated heterocycles. The largest absolute Gasteiger partial charge is 0.339 e. The molecular weight excluding hydrogens is 337 g/mol. The second-order valence-corrected chi connectivity index (χ2v) is 5.03. The molecule has 0 radical (unpaired) electrons. The first-order chi connectivity index (χ1) is 8.61. The number of nitrogens with zero attached hydrogens (tertiary/aromatic N) is 2. The normalized spacial score (nSPS) is 9.89. The van der Waals surface area contributed by atoms with Crippen LogP contribution in [-0.4, -0.2) is 4.98 Å². The number of benzene rings is 1. The Hall–Kier alpha value is -1.28. The lowest BCUT2D eigenvalue weighted by atomic mass is 10.2. The van der Waals surface area contributed by atoms with Crippen molar-refractivity contribution >= 4 is 50.6 Å². The van der Waals surface area contributed by atoms with Gasteiger partial charge in [0, 0.05) is 16.4 Å². The van der Waals surface area contributed by atoms with Crippen LogP contribution in [-0.2, 0) is 0 Å². The van der Waals surface area contributed by atoms with Gasteiger partial charge in [0.05, 0.1) is 10.6 Å². The Morgan fingerprint density at radius 2 is 2.06 bits per heavy atom. The van der Waals surface area contributed by atoms with E-state index in [0.29, 0.717) is 21.4 Å². The molecule has 0 spiro atoms. The molecule has 90 valence electrons. The van der Waals surface area contributed by atoms with E-state index in [-0.39, 0.29) is 0 Å². The summed E-state index contributed by atoms with van der Waals surface area (Å²) in [6.45, 7) is 0. The summed E-state index contributed by atoms with van der Waals surface area (Å²) in [6.07, 6.45) is 1.53. The number of nitriles is 1. The fourth-order valence-electron chi connectivity index (χ4n) is 1.33. The first-order valence-electron chi connectivity index (χ1n) is 4.88. The molecule has 1 aromatic heterocycles. The predicted octanol–water partition coefficient (Wildman–Crippen LogP) is 4.77. The molecule has 2 aromatic rings. The maximum atomic E-state index is 8.87. The smallest absolute Gasteiger partial charge is 0.150 e. The number of rotatable bonds is 2. The minimum absolute atomic E-state index is 0.297. The lowest BCUT2D eigenvalue weighted by Crippen LogP contribution is -1.95. The molecule has 1 N–H and O–H groups in total. The fourth-order valence-corrected chi connectivity index (χ4v) is 2.03. The molecule has 0 fully saturated rings. The van der Waals surface area contributed by atoms with Crippen LogP contribution in [0.3, 0.4) is 0 Å². The van der Waals surface area contributed by atoms with Crippen molar-refractivity contribution in [3.05, 3.63) is 50.5 Å². The number of pyridine rings is 1. The van der Waals surface area contributed by atoms with Crippen molar-refractivity contribution in [1.82, 2.24) is 4.98 Å². The highest BCUT2D eigenvalue weighted by Crippen LogP contribution is 2.30. The third-order valence-electron chi connectivity index (χ3n) is 2.19. The van der Waals surface area contributed by atoms with Crippen LogP contribution in [0.1, 0.15) is 5.56 Å². The molecule has 0 atom stereocenters. The van der Waals surface area contributed by atoms with Gasteiger partial charge in [-0.1, -0.05) is 23.2 Å². The Balaban J connectivity index is 2.35. The van der Waals surface area contributed by atoms with Crippen LogP contribution in [0.4, 0.5) is 11.5 Å². The van der Waals surface area contributed by atoms with Crippen LogP contribution < -0.4 is 5.32 Å². The van der Waals surface area contributed by atoms with Crippen molar-refractivity contribution in [3.8, 4) is 6.07 Å². The molecule has 18 heavy (non-hydrogen) atoms. The number of hydrogen-bond donors (Lipinski definition) is 1.